The van der Waals surface area contributed by atoms with Crippen molar-refractivity contribution in [2.24, 2.45) is 0 Å². The average molecular weight is 417 g/mol. The first-order chi connectivity index (χ1) is 14.9. The Morgan fingerprint density at radius 3 is 2.19 bits per heavy atom. The van der Waals surface area contributed by atoms with Crippen molar-refractivity contribution in [3.63, 3.8) is 0 Å². The molecule has 0 atom stereocenters. The van der Waals surface area contributed by atoms with Crippen LogP contribution in [0, 0.1) is 13.8 Å². The van der Waals surface area contributed by atoms with E-state index in [0.717, 1.165) is 11.1 Å². The zero-order valence-electron chi connectivity index (χ0n) is 17.4. The molecule has 3 rings (SSSR count). The second-order valence-electron chi connectivity index (χ2n) is 7.02. The summed E-state index contributed by atoms with van der Waals surface area (Å²) in [5.41, 5.74) is 2.77. The number of ketones is 1. The molecule has 158 valence electrons. The van der Waals surface area contributed by atoms with Crippen molar-refractivity contribution in [1.29, 1.82) is 0 Å². The van der Waals surface area contributed by atoms with Gasteiger partial charge in [0.15, 0.2) is 6.61 Å². The molecule has 0 radical (unpaired) electrons. The van der Waals surface area contributed by atoms with Gasteiger partial charge in [0.2, 0.25) is 5.78 Å². The molecule has 3 aromatic rings. The molecule has 0 spiro atoms. The number of aryl methyl sites for hydroxylation is 2. The van der Waals surface area contributed by atoms with E-state index in [9.17, 15) is 14.4 Å². The fourth-order valence-electron chi connectivity index (χ4n) is 2.95. The van der Waals surface area contributed by atoms with Gasteiger partial charge in [0.05, 0.1) is 0 Å². The molecule has 0 heterocycles. The monoisotopic (exact) mass is 417 g/mol. The average Bonchev–Trinajstić information content (AvgIpc) is 2.77. The minimum atomic E-state index is -0.685. The van der Waals surface area contributed by atoms with Gasteiger partial charge in [-0.05, 0) is 55.8 Å². The highest BCUT2D eigenvalue weighted by Gasteiger charge is 2.14. The molecule has 0 saturated heterocycles. The summed E-state index contributed by atoms with van der Waals surface area (Å²) in [5.74, 6) is -0.115. The van der Waals surface area contributed by atoms with Crippen LogP contribution in [0.5, 0.6) is 11.5 Å². The molecule has 3 aromatic carbocycles. The lowest BCUT2D eigenvalue weighted by molar-refractivity contribution is -0.141. The van der Waals surface area contributed by atoms with E-state index in [0.29, 0.717) is 22.6 Å². The molecule has 1 amide bonds. The molecule has 31 heavy (non-hydrogen) atoms. The number of hydrogen-bond donors (Lipinski definition) is 1. The second kappa shape index (κ2) is 10.2. The Kier molecular flexibility index (Phi) is 7.17. The molecular weight excluding hydrogens is 394 g/mol. The van der Waals surface area contributed by atoms with Crippen molar-refractivity contribution in [2.45, 2.75) is 13.8 Å². The number of hydrogen-bond acceptors (Lipinski definition) is 5. The summed E-state index contributed by atoms with van der Waals surface area (Å²) in [5, 5.41) is 2.48. The van der Waals surface area contributed by atoms with Gasteiger partial charge in [-0.3, -0.25) is 14.4 Å². The number of rotatable bonds is 8. The molecule has 0 aliphatic heterocycles. The minimum absolute atomic E-state index is 0.286. The lowest BCUT2D eigenvalue weighted by atomic mass is 10.0. The van der Waals surface area contributed by atoms with Gasteiger partial charge < -0.3 is 14.8 Å². The van der Waals surface area contributed by atoms with E-state index in [1.807, 2.05) is 56.3 Å². The van der Waals surface area contributed by atoms with Crippen LogP contribution in [0.2, 0.25) is 0 Å². The molecule has 6 nitrogen and oxygen atoms in total. The van der Waals surface area contributed by atoms with Crippen molar-refractivity contribution in [3.8, 4) is 11.5 Å². The van der Waals surface area contributed by atoms with Gasteiger partial charge in [-0.2, -0.15) is 0 Å². The molecule has 0 aliphatic rings. The number of carbonyl (C=O) groups excluding carboxylic acids is 3. The highest BCUT2D eigenvalue weighted by Crippen LogP contribution is 2.21. The Bertz CT molecular complexity index is 1070. The Morgan fingerprint density at radius 2 is 1.52 bits per heavy atom. The number of benzene rings is 3. The standard InChI is InChI=1S/C25H23NO5/c1-17-8-13-22(18(2)14-17)23(27)16-30-24(28)15-26-25(29)19-9-11-21(12-10-19)31-20-6-4-3-5-7-20/h3-14H,15-16H2,1-2H3,(H,26,29). The van der Waals surface area contributed by atoms with Crippen LogP contribution in [0.15, 0.2) is 72.8 Å². The fourth-order valence-corrected chi connectivity index (χ4v) is 2.95. The van der Waals surface area contributed by atoms with Crippen LogP contribution >= 0.6 is 0 Å². The minimum Gasteiger partial charge on any atom is -0.457 e. The topological polar surface area (TPSA) is 81.7 Å². The number of nitrogens with one attached hydrogen (secondary N) is 1. The maximum Gasteiger partial charge on any atom is 0.325 e. The van der Waals surface area contributed by atoms with Crippen molar-refractivity contribution in [1.82, 2.24) is 5.32 Å². The first kappa shape index (κ1) is 21.8. The molecule has 0 saturated carbocycles. The highest BCUT2D eigenvalue weighted by atomic mass is 16.5. The zero-order chi connectivity index (χ0) is 22.2. The Balaban J connectivity index is 1.45. The van der Waals surface area contributed by atoms with Crippen LogP contribution in [-0.4, -0.2) is 30.8 Å². The summed E-state index contributed by atoms with van der Waals surface area (Å²) in [6.45, 7) is 3.07. The number of Topliss-reactive ketones (excluding diaryl/α,β-unsaturated/α-hetero) is 1. The number of para-hydroxylation sites is 1. The van der Waals surface area contributed by atoms with Crippen LogP contribution in [0.1, 0.15) is 31.8 Å². The van der Waals surface area contributed by atoms with E-state index >= 15 is 0 Å². The largest absolute Gasteiger partial charge is 0.457 e. The first-order valence-corrected chi connectivity index (χ1v) is 9.79. The van der Waals surface area contributed by atoms with E-state index in [2.05, 4.69) is 5.32 Å². The maximum absolute atomic E-state index is 12.2. The molecule has 1 N–H and O–H groups in total. The summed E-state index contributed by atoms with van der Waals surface area (Å²) in [6, 6.07) is 21.3. The number of ether oxygens (including phenoxy) is 2. The number of amides is 1. The van der Waals surface area contributed by atoms with Crippen LogP contribution < -0.4 is 10.1 Å². The third-order valence-corrected chi connectivity index (χ3v) is 4.54. The molecule has 0 aromatic heterocycles. The summed E-state index contributed by atoms with van der Waals surface area (Å²) in [6.07, 6.45) is 0. The number of esters is 1. The van der Waals surface area contributed by atoms with E-state index in [1.165, 1.54) is 0 Å². The van der Waals surface area contributed by atoms with E-state index < -0.39 is 11.9 Å². The highest BCUT2D eigenvalue weighted by molar-refractivity contribution is 5.99. The molecule has 0 unspecified atom stereocenters. The van der Waals surface area contributed by atoms with Crippen molar-refractivity contribution in [2.75, 3.05) is 13.2 Å². The SMILES string of the molecule is Cc1ccc(C(=O)COC(=O)CNC(=O)c2ccc(Oc3ccccc3)cc2)c(C)c1. The summed E-state index contributed by atoms with van der Waals surface area (Å²) >= 11 is 0. The number of carbonyl (C=O) groups is 3. The van der Waals surface area contributed by atoms with Gasteiger partial charge in [0.25, 0.3) is 5.91 Å². The second-order valence-corrected chi connectivity index (χ2v) is 7.02. The summed E-state index contributed by atoms with van der Waals surface area (Å²) < 4.78 is 10.7. The zero-order valence-corrected chi connectivity index (χ0v) is 17.4. The van der Waals surface area contributed by atoms with Crippen LogP contribution in [-0.2, 0) is 9.53 Å². The predicted octanol–water partition coefficient (Wildman–Crippen LogP) is 4.25. The fraction of sp³-hybridized carbons (Fsp3) is 0.160. The van der Waals surface area contributed by atoms with Crippen LogP contribution in [0.3, 0.4) is 0 Å². The molecule has 0 fully saturated rings. The molecule has 0 aliphatic carbocycles. The third kappa shape index (κ3) is 6.27. The van der Waals surface area contributed by atoms with Crippen molar-refractivity contribution < 1.29 is 23.9 Å². The Morgan fingerprint density at radius 1 is 0.839 bits per heavy atom. The quantitative estimate of drug-likeness (QED) is 0.438. The van der Waals surface area contributed by atoms with Crippen LogP contribution in [0.4, 0.5) is 0 Å². The normalized spacial score (nSPS) is 10.3. The van der Waals surface area contributed by atoms with Gasteiger partial charge in [0.1, 0.15) is 18.0 Å². The molecular formula is C25H23NO5. The van der Waals surface area contributed by atoms with Gasteiger partial charge in [-0.25, -0.2) is 0 Å². The lowest BCUT2D eigenvalue weighted by Crippen LogP contribution is -2.31. The van der Waals surface area contributed by atoms with E-state index in [-0.39, 0.29) is 18.9 Å². The van der Waals surface area contributed by atoms with E-state index in [1.54, 1.807) is 30.3 Å². The van der Waals surface area contributed by atoms with Gasteiger partial charge in [-0.15, -0.1) is 0 Å². The summed E-state index contributed by atoms with van der Waals surface area (Å²) in [7, 11) is 0. The van der Waals surface area contributed by atoms with Gasteiger partial charge >= 0.3 is 5.97 Å². The summed E-state index contributed by atoms with van der Waals surface area (Å²) in [4.78, 5) is 36.4. The predicted molar refractivity (Wildman–Crippen MR) is 116 cm³/mol. The Hall–Kier alpha value is -3.93. The van der Waals surface area contributed by atoms with Gasteiger partial charge in [-0.1, -0.05) is 42.0 Å². The molecule has 0 bridgehead atoms. The van der Waals surface area contributed by atoms with Crippen molar-refractivity contribution in [3.05, 3.63) is 95.1 Å². The van der Waals surface area contributed by atoms with E-state index in [4.69, 9.17) is 9.47 Å². The van der Waals surface area contributed by atoms with Gasteiger partial charge in [0, 0.05) is 11.1 Å². The maximum atomic E-state index is 12.2. The smallest absolute Gasteiger partial charge is 0.325 e. The first-order valence-electron chi connectivity index (χ1n) is 9.79. The van der Waals surface area contributed by atoms with Crippen LogP contribution in [0.25, 0.3) is 0 Å². The molecule has 6 heteroatoms. The van der Waals surface area contributed by atoms with Crippen molar-refractivity contribution >= 4 is 17.7 Å². The third-order valence-electron chi connectivity index (χ3n) is 4.54. The Labute approximate surface area is 180 Å². The lowest BCUT2D eigenvalue weighted by Gasteiger charge is -2.09.